The molecule has 0 saturated heterocycles. The van der Waals surface area contributed by atoms with E-state index in [9.17, 15) is 0 Å². The molecule has 0 aromatic heterocycles. The van der Waals surface area contributed by atoms with E-state index in [1.165, 1.54) is 31.2 Å². The van der Waals surface area contributed by atoms with E-state index in [0.29, 0.717) is 6.54 Å². The molecule has 138 valence electrons. The second-order valence-corrected chi connectivity index (χ2v) is 7.20. The molecule has 1 aromatic rings. The first-order valence-electron chi connectivity index (χ1n) is 9.46. The molecule has 1 N–H and O–H groups in total. The first-order valence-corrected chi connectivity index (χ1v) is 9.46. The third-order valence-corrected chi connectivity index (χ3v) is 4.78. The van der Waals surface area contributed by atoms with Gasteiger partial charge >= 0.3 is 0 Å². The van der Waals surface area contributed by atoms with Crippen molar-refractivity contribution in [2.45, 2.75) is 32.2 Å². The van der Waals surface area contributed by atoms with Gasteiger partial charge in [0.25, 0.3) is 0 Å². The summed E-state index contributed by atoms with van der Waals surface area (Å²) in [5.41, 5.74) is 1.17. The largest absolute Gasteiger partial charge is 0.493 e. The van der Waals surface area contributed by atoms with Gasteiger partial charge in [-0.15, -0.1) is 0 Å². The van der Waals surface area contributed by atoms with Crippen molar-refractivity contribution in [3.8, 4) is 5.75 Å². The highest BCUT2D eigenvalue weighted by molar-refractivity contribution is 5.79. The minimum Gasteiger partial charge on any atom is -0.493 e. The lowest BCUT2D eigenvalue weighted by molar-refractivity contribution is 0.115. The molecular weight excluding hydrogens is 314 g/mol. The lowest BCUT2D eigenvalue weighted by atomic mass is 10.2. The zero-order valence-corrected chi connectivity index (χ0v) is 15.5. The zero-order valence-electron chi connectivity index (χ0n) is 15.5. The van der Waals surface area contributed by atoms with Gasteiger partial charge < -0.3 is 19.7 Å². The number of aliphatic imine (C=N–C) groups is 1. The highest BCUT2D eigenvalue weighted by Gasteiger charge is 2.22. The molecule has 25 heavy (non-hydrogen) atoms. The van der Waals surface area contributed by atoms with Gasteiger partial charge in [-0.3, -0.25) is 4.99 Å². The van der Waals surface area contributed by atoms with E-state index < -0.39 is 0 Å². The Labute approximate surface area is 151 Å². The standard InChI is InChI=1S/C20H31N3O2/c1-21-20(23(2)11-12-24-14-16-7-8-16)22-13-18-5-3-4-6-19(18)25-15-17-9-10-17/h3-6,16-17H,7-15H2,1-2H3,(H,21,22). The molecule has 3 rings (SSSR count). The van der Waals surface area contributed by atoms with Crippen molar-refractivity contribution in [1.29, 1.82) is 0 Å². The molecule has 2 saturated carbocycles. The SMILES string of the molecule is CN=C(NCc1ccccc1OCC1CC1)N(C)CCOCC1CC1. The van der Waals surface area contributed by atoms with Crippen molar-refractivity contribution in [2.24, 2.45) is 16.8 Å². The van der Waals surface area contributed by atoms with Crippen LogP contribution in [0.25, 0.3) is 0 Å². The van der Waals surface area contributed by atoms with Crippen LogP contribution in [0.1, 0.15) is 31.2 Å². The summed E-state index contributed by atoms with van der Waals surface area (Å²) in [6.07, 6.45) is 5.28. The fourth-order valence-corrected chi connectivity index (χ4v) is 2.68. The van der Waals surface area contributed by atoms with Crippen LogP contribution in [0.4, 0.5) is 0 Å². The Morgan fingerprint density at radius 1 is 1.16 bits per heavy atom. The summed E-state index contributed by atoms with van der Waals surface area (Å²) in [6.45, 7) is 4.04. The molecule has 2 aliphatic carbocycles. The summed E-state index contributed by atoms with van der Waals surface area (Å²) >= 11 is 0. The van der Waals surface area contributed by atoms with Gasteiger partial charge in [-0.05, 0) is 43.6 Å². The molecule has 0 amide bonds. The van der Waals surface area contributed by atoms with Crippen LogP contribution in [0.15, 0.2) is 29.3 Å². The first kappa shape index (κ1) is 18.1. The summed E-state index contributed by atoms with van der Waals surface area (Å²) in [6, 6.07) is 8.25. The first-order chi connectivity index (χ1) is 12.3. The predicted octanol–water partition coefficient (Wildman–Crippen LogP) is 2.91. The lowest BCUT2D eigenvalue weighted by Gasteiger charge is -2.22. The van der Waals surface area contributed by atoms with E-state index in [4.69, 9.17) is 9.47 Å². The Hall–Kier alpha value is -1.75. The van der Waals surface area contributed by atoms with Gasteiger partial charge in [0.15, 0.2) is 5.96 Å². The van der Waals surface area contributed by atoms with Gasteiger partial charge in [0, 0.05) is 39.4 Å². The van der Waals surface area contributed by atoms with Crippen molar-refractivity contribution < 1.29 is 9.47 Å². The minimum atomic E-state index is 0.709. The smallest absolute Gasteiger partial charge is 0.193 e. The van der Waals surface area contributed by atoms with Crippen molar-refractivity contribution in [3.63, 3.8) is 0 Å². The molecule has 0 heterocycles. The Kier molecular flexibility index (Phi) is 6.56. The number of benzene rings is 1. The molecule has 2 fully saturated rings. The van der Waals surface area contributed by atoms with Crippen LogP contribution >= 0.6 is 0 Å². The van der Waals surface area contributed by atoms with Gasteiger partial charge in [-0.1, -0.05) is 18.2 Å². The maximum Gasteiger partial charge on any atom is 0.193 e. The zero-order chi connectivity index (χ0) is 17.5. The van der Waals surface area contributed by atoms with Crippen molar-refractivity contribution in [3.05, 3.63) is 29.8 Å². The van der Waals surface area contributed by atoms with Crippen LogP contribution < -0.4 is 10.1 Å². The number of para-hydroxylation sites is 1. The average Bonchev–Trinajstić information content (AvgIpc) is 3.53. The van der Waals surface area contributed by atoms with Gasteiger partial charge in [0.2, 0.25) is 0 Å². The van der Waals surface area contributed by atoms with Crippen molar-refractivity contribution >= 4 is 5.96 Å². The Morgan fingerprint density at radius 3 is 2.60 bits per heavy atom. The highest BCUT2D eigenvalue weighted by atomic mass is 16.5. The maximum atomic E-state index is 5.98. The van der Waals surface area contributed by atoms with Crippen LogP contribution in [0.3, 0.4) is 0 Å². The fourth-order valence-electron chi connectivity index (χ4n) is 2.68. The van der Waals surface area contributed by atoms with E-state index in [-0.39, 0.29) is 0 Å². The molecule has 0 spiro atoms. The van der Waals surface area contributed by atoms with E-state index in [0.717, 1.165) is 49.9 Å². The highest BCUT2D eigenvalue weighted by Crippen LogP contribution is 2.30. The van der Waals surface area contributed by atoms with Crippen LogP contribution in [-0.2, 0) is 11.3 Å². The second kappa shape index (κ2) is 9.09. The summed E-state index contributed by atoms with van der Waals surface area (Å²) in [5, 5.41) is 3.43. The molecule has 0 bridgehead atoms. The van der Waals surface area contributed by atoms with E-state index in [1.54, 1.807) is 0 Å². The van der Waals surface area contributed by atoms with E-state index in [2.05, 4.69) is 33.4 Å². The summed E-state index contributed by atoms with van der Waals surface area (Å²) in [4.78, 5) is 6.49. The number of guanidine groups is 1. The Bertz CT molecular complexity index is 568. The number of rotatable bonds is 10. The number of hydrogen-bond donors (Lipinski definition) is 1. The average molecular weight is 345 g/mol. The Morgan fingerprint density at radius 2 is 1.88 bits per heavy atom. The maximum absolute atomic E-state index is 5.98. The second-order valence-electron chi connectivity index (χ2n) is 7.20. The summed E-state index contributed by atoms with van der Waals surface area (Å²) in [5.74, 6) is 3.44. The molecular formula is C20H31N3O2. The number of nitrogens with zero attached hydrogens (tertiary/aromatic N) is 2. The molecule has 0 atom stereocenters. The van der Waals surface area contributed by atoms with E-state index in [1.807, 2.05) is 20.2 Å². The van der Waals surface area contributed by atoms with Crippen LogP contribution in [0.5, 0.6) is 5.75 Å². The van der Waals surface area contributed by atoms with Gasteiger partial charge in [-0.2, -0.15) is 0 Å². The molecule has 0 aliphatic heterocycles. The molecule has 2 aliphatic rings. The van der Waals surface area contributed by atoms with Crippen molar-refractivity contribution in [2.75, 3.05) is 40.5 Å². The van der Waals surface area contributed by atoms with E-state index >= 15 is 0 Å². The normalized spacial score (nSPS) is 17.4. The summed E-state index contributed by atoms with van der Waals surface area (Å²) < 4.78 is 11.7. The third-order valence-electron chi connectivity index (χ3n) is 4.78. The topological polar surface area (TPSA) is 46.1 Å². The molecule has 0 unspecified atom stereocenters. The number of likely N-dealkylation sites (N-methyl/N-ethyl adjacent to an activating group) is 1. The lowest BCUT2D eigenvalue weighted by Crippen LogP contribution is -2.40. The van der Waals surface area contributed by atoms with Gasteiger partial charge in [-0.25, -0.2) is 0 Å². The van der Waals surface area contributed by atoms with Crippen molar-refractivity contribution in [1.82, 2.24) is 10.2 Å². The fraction of sp³-hybridized carbons (Fsp3) is 0.650. The molecule has 5 nitrogen and oxygen atoms in total. The number of hydrogen-bond acceptors (Lipinski definition) is 3. The van der Waals surface area contributed by atoms with Crippen LogP contribution in [-0.4, -0.2) is 51.3 Å². The number of ether oxygens (including phenoxy) is 2. The summed E-state index contributed by atoms with van der Waals surface area (Å²) in [7, 11) is 3.87. The monoisotopic (exact) mass is 345 g/mol. The quantitative estimate of drug-likeness (QED) is 0.402. The van der Waals surface area contributed by atoms with Crippen LogP contribution in [0, 0.1) is 11.8 Å². The predicted molar refractivity (Wildman–Crippen MR) is 101 cm³/mol. The van der Waals surface area contributed by atoms with Gasteiger partial charge in [0.05, 0.1) is 13.2 Å². The van der Waals surface area contributed by atoms with Crippen LogP contribution in [0.2, 0.25) is 0 Å². The molecule has 0 radical (unpaired) electrons. The van der Waals surface area contributed by atoms with Gasteiger partial charge in [0.1, 0.15) is 5.75 Å². The number of nitrogens with one attached hydrogen (secondary N) is 1. The Balaban J connectivity index is 1.43. The molecule has 1 aromatic carbocycles. The third kappa shape index (κ3) is 6.24. The molecule has 5 heteroatoms. The minimum absolute atomic E-state index is 0.709.